The third kappa shape index (κ3) is 2.49. The van der Waals surface area contributed by atoms with Crippen LogP contribution in [0.2, 0.25) is 0 Å². The number of carbonyl (C=O) groups is 2. The molecule has 0 spiro atoms. The molecule has 0 aromatic rings. The SMILES string of the molecule is CCC1C(=O)CCC2(C)C3CCC4(C)C(=O)C(F)CC4C3CC(=NOC)C12. The molecule has 0 aromatic carbocycles. The Balaban J connectivity index is 1.77. The molecule has 0 N–H and O–H groups in total. The van der Waals surface area contributed by atoms with E-state index in [9.17, 15) is 14.0 Å². The third-order valence-electron chi connectivity index (χ3n) is 8.87. The van der Waals surface area contributed by atoms with Crippen LogP contribution in [0.15, 0.2) is 5.16 Å². The van der Waals surface area contributed by atoms with Gasteiger partial charge < -0.3 is 4.84 Å². The van der Waals surface area contributed by atoms with Crippen LogP contribution in [0.3, 0.4) is 0 Å². The topological polar surface area (TPSA) is 55.7 Å². The van der Waals surface area contributed by atoms with Crippen molar-refractivity contribution in [1.29, 1.82) is 0 Å². The third-order valence-corrected chi connectivity index (χ3v) is 8.87. The van der Waals surface area contributed by atoms with Crippen LogP contribution < -0.4 is 0 Å². The molecule has 4 aliphatic carbocycles. The molecule has 4 fully saturated rings. The number of carbonyl (C=O) groups excluding carboxylic acids is 2. The van der Waals surface area contributed by atoms with Gasteiger partial charge in [-0.05, 0) is 61.7 Å². The van der Waals surface area contributed by atoms with Crippen LogP contribution in [0.1, 0.15) is 65.7 Å². The summed E-state index contributed by atoms with van der Waals surface area (Å²) in [4.78, 5) is 30.4. The predicted octanol–water partition coefficient (Wildman–Crippen LogP) is 4.36. The quantitative estimate of drug-likeness (QED) is 0.672. The van der Waals surface area contributed by atoms with E-state index in [4.69, 9.17) is 4.84 Å². The predicted molar refractivity (Wildman–Crippen MR) is 101 cm³/mol. The second-order valence-corrected chi connectivity index (χ2v) is 9.83. The number of alkyl halides is 1. The second kappa shape index (κ2) is 6.38. The molecular weight excluding hydrogens is 345 g/mol. The summed E-state index contributed by atoms with van der Waals surface area (Å²) in [6.07, 6.45) is 3.83. The van der Waals surface area contributed by atoms with Gasteiger partial charge in [-0.1, -0.05) is 25.9 Å². The summed E-state index contributed by atoms with van der Waals surface area (Å²) < 4.78 is 14.4. The lowest BCUT2D eigenvalue weighted by Crippen LogP contribution is -2.59. The van der Waals surface area contributed by atoms with E-state index in [0.717, 1.165) is 37.8 Å². The fourth-order valence-electron chi connectivity index (χ4n) is 7.59. The number of rotatable bonds is 2. The van der Waals surface area contributed by atoms with Crippen LogP contribution in [-0.4, -0.2) is 30.6 Å². The molecule has 5 heteroatoms. The number of nitrogens with zero attached hydrogens (tertiary/aromatic N) is 1. The van der Waals surface area contributed by atoms with Gasteiger partial charge in [-0.25, -0.2) is 4.39 Å². The van der Waals surface area contributed by atoms with Gasteiger partial charge in [-0.2, -0.15) is 0 Å². The van der Waals surface area contributed by atoms with Crippen LogP contribution in [0.25, 0.3) is 0 Å². The lowest BCUT2D eigenvalue weighted by molar-refractivity contribution is -0.142. The molecule has 150 valence electrons. The van der Waals surface area contributed by atoms with E-state index in [1.807, 2.05) is 6.92 Å². The molecule has 0 saturated heterocycles. The number of hydrogen-bond donors (Lipinski definition) is 0. The first kappa shape index (κ1) is 19.1. The summed E-state index contributed by atoms with van der Waals surface area (Å²) in [6.45, 7) is 6.39. The highest BCUT2D eigenvalue weighted by Gasteiger charge is 2.65. The smallest absolute Gasteiger partial charge is 0.173 e. The molecule has 4 saturated carbocycles. The number of ketones is 2. The van der Waals surface area contributed by atoms with E-state index in [0.29, 0.717) is 24.5 Å². The Morgan fingerprint density at radius 2 is 1.96 bits per heavy atom. The molecule has 4 nitrogen and oxygen atoms in total. The zero-order valence-corrected chi connectivity index (χ0v) is 17.0. The normalized spacial score (nSPS) is 50.9. The molecular formula is C22H32FNO3. The van der Waals surface area contributed by atoms with Crippen molar-refractivity contribution in [2.24, 2.45) is 45.6 Å². The molecule has 0 aromatic heterocycles. The van der Waals surface area contributed by atoms with Gasteiger partial charge in [-0.15, -0.1) is 0 Å². The zero-order chi connectivity index (χ0) is 19.6. The Labute approximate surface area is 161 Å². The number of halogens is 1. The Morgan fingerprint density at radius 1 is 1.22 bits per heavy atom. The highest BCUT2D eigenvalue weighted by Crippen LogP contribution is 2.65. The summed E-state index contributed by atoms with van der Waals surface area (Å²) >= 11 is 0. The van der Waals surface area contributed by atoms with Crippen molar-refractivity contribution >= 4 is 17.3 Å². The van der Waals surface area contributed by atoms with Gasteiger partial charge in [0.1, 0.15) is 12.9 Å². The number of oxime groups is 1. The number of Topliss-reactive ketones (excluding diaryl/α,β-unsaturated/α-hetero) is 2. The maximum atomic E-state index is 14.4. The first-order valence-corrected chi connectivity index (χ1v) is 10.6. The Bertz CT molecular complexity index is 691. The maximum absolute atomic E-state index is 14.4. The maximum Gasteiger partial charge on any atom is 0.173 e. The van der Waals surface area contributed by atoms with Crippen LogP contribution >= 0.6 is 0 Å². The van der Waals surface area contributed by atoms with Crippen molar-refractivity contribution in [2.75, 3.05) is 7.11 Å². The summed E-state index contributed by atoms with van der Waals surface area (Å²) in [7, 11) is 1.56. The van der Waals surface area contributed by atoms with E-state index >= 15 is 0 Å². The van der Waals surface area contributed by atoms with Crippen molar-refractivity contribution < 1.29 is 18.8 Å². The van der Waals surface area contributed by atoms with Crippen molar-refractivity contribution in [2.45, 2.75) is 71.9 Å². The minimum atomic E-state index is -1.32. The molecule has 8 unspecified atom stereocenters. The fourth-order valence-corrected chi connectivity index (χ4v) is 7.59. The van der Waals surface area contributed by atoms with Gasteiger partial charge in [0.2, 0.25) is 0 Å². The van der Waals surface area contributed by atoms with Gasteiger partial charge in [0.25, 0.3) is 0 Å². The average molecular weight is 378 g/mol. The highest BCUT2D eigenvalue weighted by atomic mass is 19.1. The summed E-state index contributed by atoms with van der Waals surface area (Å²) in [5.74, 6) is 1.05. The van der Waals surface area contributed by atoms with Crippen molar-refractivity contribution in [1.82, 2.24) is 0 Å². The van der Waals surface area contributed by atoms with Crippen molar-refractivity contribution in [3.63, 3.8) is 0 Å². The number of hydrogen-bond acceptors (Lipinski definition) is 4. The van der Waals surface area contributed by atoms with E-state index in [2.05, 4.69) is 19.0 Å². The molecule has 4 aliphatic rings. The lowest BCUT2D eigenvalue weighted by Gasteiger charge is -2.60. The molecule has 0 amide bonds. The standard InChI is InChI=1S/C22H32FNO3/c1-5-12-18(25)7-9-21(2)14-6-8-22(3)15(11-16(23)20(22)26)13(14)10-17(19(12)21)24-27-4/h12-16,19H,5-11H2,1-4H3. The van der Waals surface area contributed by atoms with Gasteiger partial charge >= 0.3 is 0 Å². The van der Waals surface area contributed by atoms with E-state index in [-0.39, 0.29) is 34.9 Å². The molecule has 4 rings (SSSR count). The Kier molecular flexibility index (Phi) is 4.51. The Hall–Kier alpha value is -1.26. The summed E-state index contributed by atoms with van der Waals surface area (Å²) in [5.41, 5.74) is 0.421. The molecule has 0 bridgehead atoms. The average Bonchev–Trinajstić information content (AvgIpc) is 2.87. The van der Waals surface area contributed by atoms with Crippen LogP contribution in [-0.2, 0) is 14.4 Å². The molecule has 27 heavy (non-hydrogen) atoms. The van der Waals surface area contributed by atoms with Gasteiger partial charge in [0.15, 0.2) is 12.0 Å². The fraction of sp³-hybridized carbons (Fsp3) is 0.864. The van der Waals surface area contributed by atoms with Crippen LogP contribution in [0.5, 0.6) is 0 Å². The molecule has 8 atom stereocenters. The van der Waals surface area contributed by atoms with Gasteiger partial charge in [-0.3, -0.25) is 9.59 Å². The minimum Gasteiger partial charge on any atom is -0.399 e. The first-order valence-electron chi connectivity index (χ1n) is 10.6. The van der Waals surface area contributed by atoms with Crippen LogP contribution in [0.4, 0.5) is 4.39 Å². The molecule has 0 aliphatic heterocycles. The van der Waals surface area contributed by atoms with E-state index in [1.165, 1.54) is 0 Å². The highest BCUT2D eigenvalue weighted by molar-refractivity contribution is 5.96. The van der Waals surface area contributed by atoms with Crippen LogP contribution in [0, 0.1) is 40.4 Å². The zero-order valence-electron chi connectivity index (χ0n) is 17.0. The number of fused-ring (bicyclic) bond motifs is 5. The molecule has 0 radical (unpaired) electrons. The summed E-state index contributed by atoms with van der Waals surface area (Å²) in [6, 6.07) is 0. The van der Waals surface area contributed by atoms with E-state index < -0.39 is 11.6 Å². The second-order valence-electron chi connectivity index (χ2n) is 9.83. The Morgan fingerprint density at radius 3 is 2.63 bits per heavy atom. The van der Waals surface area contributed by atoms with Crippen molar-refractivity contribution in [3.05, 3.63) is 0 Å². The summed E-state index contributed by atoms with van der Waals surface area (Å²) in [5, 5.41) is 4.40. The van der Waals surface area contributed by atoms with Crippen molar-refractivity contribution in [3.8, 4) is 0 Å². The van der Waals surface area contributed by atoms with Gasteiger partial charge in [0, 0.05) is 23.7 Å². The monoisotopic (exact) mass is 377 g/mol. The van der Waals surface area contributed by atoms with E-state index in [1.54, 1.807) is 7.11 Å². The largest absolute Gasteiger partial charge is 0.399 e. The first-order chi connectivity index (χ1) is 12.8. The lowest BCUT2D eigenvalue weighted by atomic mass is 9.43. The van der Waals surface area contributed by atoms with Gasteiger partial charge in [0.05, 0.1) is 5.71 Å². The molecule has 0 heterocycles. The minimum absolute atomic E-state index is 0.00560.